The first kappa shape index (κ1) is 16.8. The van der Waals surface area contributed by atoms with E-state index in [1.54, 1.807) is 0 Å². The number of piperazine rings is 1. The fourth-order valence-corrected chi connectivity index (χ4v) is 3.33. The van der Waals surface area contributed by atoms with Gasteiger partial charge in [0, 0.05) is 36.7 Å². The first-order valence-electron chi connectivity index (χ1n) is 8.03. The van der Waals surface area contributed by atoms with Gasteiger partial charge in [-0.25, -0.2) is 0 Å². The molecule has 1 saturated heterocycles. The summed E-state index contributed by atoms with van der Waals surface area (Å²) in [4.78, 5) is 2.60. The summed E-state index contributed by atoms with van der Waals surface area (Å²) in [5, 5.41) is 4.62. The normalized spacial score (nSPS) is 24.3. The third-order valence-electron chi connectivity index (χ3n) is 4.63. The van der Waals surface area contributed by atoms with Gasteiger partial charge in [0.1, 0.15) is 0 Å². The number of halogens is 1. The van der Waals surface area contributed by atoms with E-state index in [9.17, 15) is 0 Å². The second kappa shape index (κ2) is 6.68. The van der Waals surface area contributed by atoms with Crippen LogP contribution in [0.2, 0.25) is 5.02 Å². The average molecular weight is 309 g/mol. The minimum Gasteiger partial charge on any atom is -0.311 e. The van der Waals surface area contributed by atoms with Gasteiger partial charge >= 0.3 is 0 Å². The van der Waals surface area contributed by atoms with E-state index in [0.29, 0.717) is 12.1 Å². The molecule has 1 N–H and O–H groups in total. The van der Waals surface area contributed by atoms with Crippen LogP contribution < -0.4 is 5.32 Å². The van der Waals surface area contributed by atoms with Crippen molar-refractivity contribution >= 4 is 11.6 Å². The third kappa shape index (κ3) is 4.21. The number of aryl methyl sites for hydroxylation is 1. The Labute approximate surface area is 134 Å². The van der Waals surface area contributed by atoms with E-state index in [-0.39, 0.29) is 5.41 Å². The van der Waals surface area contributed by atoms with E-state index in [4.69, 9.17) is 11.6 Å². The molecule has 1 aromatic rings. The molecule has 2 unspecified atom stereocenters. The molecule has 1 aliphatic heterocycles. The van der Waals surface area contributed by atoms with Gasteiger partial charge in [-0.05, 0) is 36.0 Å². The molecule has 2 rings (SSSR count). The predicted molar refractivity (Wildman–Crippen MR) is 91.9 cm³/mol. The van der Waals surface area contributed by atoms with Crippen LogP contribution in [-0.2, 0) is 6.54 Å². The smallest absolute Gasteiger partial charge is 0.0453 e. The summed E-state index contributed by atoms with van der Waals surface area (Å²) < 4.78 is 0. The molecule has 1 fully saturated rings. The lowest BCUT2D eigenvalue weighted by Gasteiger charge is -2.45. The molecule has 0 bridgehead atoms. The first-order valence-corrected chi connectivity index (χ1v) is 8.41. The molecular weight excluding hydrogens is 280 g/mol. The van der Waals surface area contributed by atoms with Gasteiger partial charge in [0.05, 0.1) is 0 Å². The van der Waals surface area contributed by atoms with E-state index in [2.05, 4.69) is 63.0 Å². The molecule has 1 heterocycles. The number of nitrogens with zero attached hydrogens (tertiary/aromatic N) is 1. The predicted octanol–water partition coefficient (Wildman–Crippen LogP) is 4.25. The van der Waals surface area contributed by atoms with Gasteiger partial charge in [0.15, 0.2) is 0 Å². The van der Waals surface area contributed by atoms with Crippen molar-refractivity contribution in [3.8, 4) is 0 Å². The summed E-state index contributed by atoms with van der Waals surface area (Å²) in [6.07, 6.45) is 1.17. The zero-order valence-corrected chi connectivity index (χ0v) is 14.8. The fourth-order valence-electron chi connectivity index (χ4n) is 3.03. The van der Waals surface area contributed by atoms with Crippen molar-refractivity contribution in [1.82, 2.24) is 10.2 Å². The van der Waals surface area contributed by atoms with Crippen LogP contribution in [0.15, 0.2) is 18.2 Å². The zero-order chi connectivity index (χ0) is 15.6. The van der Waals surface area contributed by atoms with E-state index in [0.717, 1.165) is 24.7 Å². The minimum atomic E-state index is 0.286. The summed E-state index contributed by atoms with van der Waals surface area (Å²) in [5.74, 6) is 0. The average Bonchev–Trinajstić information content (AvgIpc) is 2.41. The highest BCUT2D eigenvalue weighted by Crippen LogP contribution is 2.27. The van der Waals surface area contributed by atoms with Crippen molar-refractivity contribution in [1.29, 1.82) is 0 Å². The molecule has 1 aliphatic rings. The summed E-state index contributed by atoms with van der Waals surface area (Å²) in [6, 6.07) is 7.54. The maximum atomic E-state index is 6.42. The van der Waals surface area contributed by atoms with E-state index in [1.165, 1.54) is 17.5 Å². The van der Waals surface area contributed by atoms with Crippen molar-refractivity contribution < 1.29 is 0 Å². The standard InChI is InChI=1S/C18H29ClN2/c1-6-15-10-20-17(18(3,4)5)12-21(15)11-14-8-7-13(2)9-16(14)19/h7-9,15,17,20H,6,10-12H2,1-5H3. The highest BCUT2D eigenvalue weighted by molar-refractivity contribution is 6.31. The van der Waals surface area contributed by atoms with Crippen molar-refractivity contribution in [2.45, 2.75) is 59.7 Å². The topological polar surface area (TPSA) is 15.3 Å². The minimum absolute atomic E-state index is 0.286. The van der Waals surface area contributed by atoms with Gasteiger partial charge in [0.2, 0.25) is 0 Å². The summed E-state index contributed by atoms with van der Waals surface area (Å²) >= 11 is 6.42. The Balaban J connectivity index is 2.14. The second-order valence-electron chi connectivity index (χ2n) is 7.41. The first-order chi connectivity index (χ1) is 9.81. The van der Waals surface area contributed by atoms with Crippen LogP contribution >= 0.6 is 11.6 Å². The molecule has 0 aromatic heterocycles. The van der Waals surface area contributed by atoms with E-state index < -0.39 is 0 Å². The Kier molecular flexibility index (Phi) is 5.34. The van der Waals surface area contributed by atoms with Gasteiger partial charge in [0.25, 0.3) is 0 Å². The van der Waals surface area contributed by atoms with Crippen LogP contribution in [0.25, 0.3) is 0 Å². The monoisotopic (exact) mass is 308 g/mol. The molecule has 0 amide bonds. The van der Waals surface area contributed by atoms with Crippen LogP contribution in [-0.4, -0.2) is 30.1 Å². The summed E-state index contributed by atoms with van der Waals surface area (Å²) in [6.45, 7) is 14.4. The van der Waals surface area contributed by atoms with Gasteiger partial charge in [-0.15, -0.1) is 0 Å². The second-order valence-corrected chi connectivity index (χ2v) is 7.82. The molecule has 2 atom stereocenters. The highest BCUT2D eigenvalue weighted by Gasteiger charge is 2.33. The van der Waals surface area contributed by atoms with Crippen molar-refractivity contribution in [2.75, 3.05) is 13.1 Å². The Morgan fingerprint density at radius 3 is 2.62 bits per heavy atom. The lowest BCUT2D eigenvalue weighted by Crippen LogP contribution is -2.59. The number of hydrogen-bond acceptors (Lipinski definition) is 2. The molecule has 0 radical (unpaired) electrons. The van der Waals surface area contributed by atoms with Crippen molar-refractivity contribution in [3.63, 3.8) is 0 Å². The van der Waals surface area contributed by atoms with Crippen LogP contribution in [0.1, 0.15) is 45.2 Å². The molecule has 2 nitrogen and oxygen atoms in total. The van der Waals surface area contributed by atoms with Crippen LogP contribution in [0, 0.1) is 12.3 Å². The number of hydrogen-bond donors (Lipinski definition) is 1. The van der Waals surface area contributed by atoms with E-state index in [1.807, 2.05) is 0 Å². The van der Waals surface area contributed by atoms with Crippen LogP contribution in [0.3, 0.4) is 0 Å². The number of nitrogens with one attached hydrogen (secondary N) is 1. The molecule has 0 spiro atoms. The molecule has 1 aromatic carbocycles. The third-order valence-corrected chi connectivity index (χ3v) is 4.98. The SMILES string of the molecule is CCC1CNC(C(C)(C)C)CN1Cc1ccc(C)cc1Cl. The van der Waals surface area contributed by atoms with Crippen LogP contribution in [0.4, 0.5) is 0 Å². The maximum Gasteiger partial charge on any atom is 0.0453 e. The van der Waals surface area contributed by atoms with Gasteiger partial charge in [-0.3, -0.25) is 4.90 Å². The molecule has 118 valence electrons. The maximum absolute atomic E-state index is 6.42. The summed E-state index contributed by atoms with van der Waals surface area (Å²) in [7, 11) is 0. The largest absolute Gasteiger partial charge is 0.311 e. The zero-order valence-electron chi connectivity index (χ0n) is 14.0. The molecular formula is C18H29ClN2. The lowest BCUT2D eigenvalue weighted by molar-refractivity contribution is 0.0775. The Morgan fingerprint density at radius 2 is 2.05 bits per heavy atom. The number of rotatable bonds is 3. The molecule has 0 saturated carbocycles. The number of benzene rings is 1. The van der Waals surface area contributed by atoms with Gasteiger partial charge in [-0.1, -0.05) is 51.4 Å². The summed E-state index contributed by atoms with van der Waals surface area (Å²) in [5.41, 5.74) is 2.76. The van der Waals surface area contributed by atoms with Crippen molar-refractivity contribution in [2.24, 2.45) is 5.41 Å². The Morgan fingerprint density at radius 1 is 1.33 bits per heavy atom. The van der Waals surface area contributed by atoms with Gasteiger partial charge in [-0.2, -0.15) is 0 Å². The Hall–Kier alpha value is -0.570. The lowest BCUT2D eigenvalue weighted by atomic mass is 9.84. The quantitative estimate of drug-likeness (QED) is 0.898. The molecule has 3 heteroatoms. The fraction of sp³-hybridized carbons (Fsp3) is 0.667. The van der Waals surface area contributed by atoms with Crippen molar-refractivity contribution in [3.05, 3.63) is 34.3 Å². The van der Waals surface area contributed by atoms with E-state index >= 15 is 0 Å². The molecule has 21 heavy (non-hydrogen) atoms. The van der Waals surface area contributed by atoms with Gasteiger partial charge < -0.3 is 5.32 Å². The van der Waals surface area contributed by atoms with Crippen LogP contribution in [0.5, 0.6) is 0 Å². The molecule has 0 aliphatic carbocycles. The highest BCUT2D eigenvalue weighted by atomic mass is 35.5. The Bertz CT molecular complexity index is 479.